The molecule has 2 heterocycles. The Morgan fingerprint density at radius 3 is 1.17 bits per heavy atom. The van der Waals surface area contributed by atoms with Crippen LogP contribution in [-0.4, -0.2) is 9.13 Å². The van der Waals surface area contributed by atoms with Crippen molar-refractivity contribution in [1.29, 1.82) is 5.26 Å². The van der Waals surface area contributed by atoms with Gasteiger partial charge in [-0.1, -0.05) is 107 Å². The van der Waals surface area contributed by atoms with E-state index in [4.69, 9.17) is 6.57 Å². The minimum atomic E-state index is 0.341. The first kappa shape index (κ1) is 31.1. The Kier molecular flexibility index (Phi) is 7.11. The number of aromatic nitrogens is 2. The first-order valence-corrected chi connectivity index (χ1v) is 17.5. The molecule has 0 amide bonds. The van der Waals surface area contributed by atoms with Gasteiger partial charge in [0.25, 0.3) is 0 Å². The Labute approximate surface area is 302 Å². The second-order valence-electron chi connectivity index (χ2n) is 13.9. The molecule has 0 radical (unpaired) electrons. The SMILES string of the molecule is [C-]#[N+]c1c(C#N)c(-c2ccccc2)c(-n2c3ccc(C)cc3c3cc(C)ccc32)c(-n2c3ccc(C)cc3c3cc(C)ccc32)c1-c1ccccc1. The fraction of sp³-hybridized carbons (Fsp3) is 0.0833. The average molecular weight is 667 g/mol. The molecule has 0 unspecified atom stereocenters. The summed E-state index contributed by atoms with van der Waals surface area (Å²) in [5.74, 6) is 0. The van der Waals surface area contributed by atoms with Crippen molar-refractivity contribution in [3.63, 3.8) is 0 Å². The number of nitriles is 1. The lowest BCUT2D eigenvalue weighted by atomic mass is 9.88. The van der Waals surface area contributed by atoms with E-state index in [1.165, 1.54) is 22.3 Å². The van der Waals surface area contributed by atoms with Crippen LogP contribution in [0.4, 0.5) is 5.69 Å². The summed E-state index contributed by atoms with van der Waals surface area (Å²) < 4.78 is 4.70. The molecule has 0 atom stereocenters. The second kappa shape index (κ2) is 11.9. The molecule has 2 aromatic heterocycles. The van der Waals surface area contributed by atoms with Gasteiger partial charge in [-0.25, -0.2) is 4.85 Å². The quantitative estimate of drug-likeness (QED) is 0.172. The van der Waals surface area contributed by atoms with Crippen LogP contribution < -0.4 is 0 Å². The molecule has 4 nitrogen and oxygen atoms in total. The van der Waals surface area contributed by atoms with E-state index in [9.17, 15) is 5.26 Å². The van der Waals surface area contributed by atoms with Gasteiger partial charge in [-0.3, -0.25) is 0 Å². The third-order valence-electron chi connectivity index (χ3n) is 10.4. The smallest absolute Gasteiger partial charge is 0.215 e. The highest BCUT2D eigenvalue weighted by Gasteiger charge is 2.31. The highest BCUT2D eigenvalue weighted by Crippen LogP contribution is 2.52. The summed E-state index contributed by atoms with van der Waals surface area (Å²) >= 11 is 0. The van der Waals surface area contributed by atoms with E-state index in [-0.39, 0.29) is 0 Å². The molecule has 0 aliphatic carbocycles. The van der Waals surface area contributed by atoms with Gasteiger partial charge in [0.1, 0.15) is 0 Å². The Morgan fingerprint density at radius 2 is 0.827 bits per heavy atom. The number of aryl methyl sites for hydroxylation is 4. The lowest BCUT2D eigenvalue weighted by Crippen LogP contribution is -2.10. The highest BCUT2D eigenvalue weighted by atomic mass is 15.1. The zero-order valence-corrected chi connectivity index (χ0v) is 29.5. The number of hydrogen-bond donors (Lipinski definition) is 0. The minimum absolute atomic E-state index is 0.341. The molecule has 0 saturated carbocycles. The van der Waals surface area contributed by atoms with Gasteiger partial charge < -0.3 is 9.13 Å². The van der Waals surface area contributed by atoms with Crippen molar-refractivity contribution >= 4 is 49.3 Å². The van der Waals surface area contributed by atoms with Crippen LogP contribution in [0.15, 0.2) is 133 Å². The van der Waals surface area contributed by atoms with E-state index < -0.39 is 0 Å². The molecule has 9 aromatic rings. The van der Waals surface area contributed by atoms with E-state index in [0.717, 1.165) is 77.2 Å². The normalized spacial score (nSPS) is 11.4. The number of rotatable bonds is 4. The Bertz CT molecular complexity index is 2680. The number of fused-ring (bicyclic) bond motifs is 6. The van der Waals surface area contributed by atoms with Crippen LogP contribution in [0, 0.1) is 45.6 Å². The second-order valence-corrected chi connectivity index (χ2v) is 13.9. The molecule has 0 saturated heterocycles. The largest absolute Gasteiger partial charge is 0.308 e. The summed E-state index contributed by atoms with van der Waals surface area (Å²) in [6, 6.07) is 49.3. The third kappa shape index (κ3) is 4.59. The van der Waals surface area contributed by atoms with Crippen LogP contribution in [0.25, 0.3) is 82.1 Å². The number of nitrogens with zero attached hydrogens (tertiary/aromatic N) is 4. The first-order valence-electron chi connectivity index (χ1n) is 17.5. The average Bonchev–Trinajstić information content (AvgIpc) is 3.64. The van der Waals surface area contributed by atoms with E-state index in [0.29, 0.717) is 11.3 Å². The van der Waals surface area contributed by atoms with E-state index in [1.807, 2.05) is 36.4 Å². The van der Waals surface area contributed by atoms with Gasteiger partial charge in [-0.15, -0.1) is 0 Å². The van der Waals surface area contributed by atoms with Gasteiger partial charge in [-0.2, -0.15) is 5.26 Å². The van der Waals surface area contributed by atoms with Crippen LogP contribution >= 0.6 is 0 Å². The van der Waals surface area contributed by atoms with Crippen molar-refractivity contribution in [3.05, 3.63) is 173 Å². The van der Waals surface area contributed by atoms with Crippen LogP contribution in [-0.2, 0) is 0 Å². The highest BCUT2D eigenvalue weighted by molar-refractivity contribution is 6.15. The number of benzene rings is 7. The zero-order chi connectivity index (χ0) is 35.7. The Morgan fingerprint density at radius 1 is 0.481 bits per heavy atom. The van der Waals surface area contributed by atoms with Crippen LogP contribution in [0.5, 0.6) is 0 Å². The molecule has 52 heavy (non-hydrogen) atoms. The van der Waals surface area contributed by atoms with Crippen molar-refractivity contribution in [2.24, 2.45) is 0 Å². The van der Waals surface area contributed by atoms with Gasteiger partial charge in [-0.05, 0) is 87.4 Å². The first-order chi connectivity index (χ1) is 25.4. The Balaban J connectivity index is 1.65. The van der Waals surface area contributed by atoms with Crippen LogP contribution in [0.1, 0.15) is 27.8 Å². The predicted octanol–water partition coefficient (Wildman–Crippen LogP) is 12.9. The summed E-state index contributed by atoms with van der Waals surface area (Å²) in [5, 5.41) is 15.8. The molecule has 0 spiro atoms. The molecule has 0 aliphatic heterocycles. The monoisotopic (exact) mass is 666 g/mol. The summed E-state index contributed by atoms with van der Waals surface area (Å²) in [6.45, 7) is 17.3. The molecule has 0 bridgehead atoms. The number of hydrogen-bond acceptors (Lipinski definition) is 1. The van der Waals surface area contributed by atoms with Crippen molar-refractivity contribution in [1.82, 2.24) is 9.13 Å². The molecular formula is C48H34N4. The van der Waals surface area contributed by atoms with Gasteiger partial charge in [0.15, 0.2) is 0 Å². The Hall–Kier alpha value is -6.88. The molecule has 7 aromatic carbocycles. The maximum absolute atomic E-state index is 11.2. The predicted molar refractivity (Wildman–Crippen MR) is 216 cm³/mol. The fourth-order valence-electron chi connectivity index (χ4n) is 8.11. The van der Waals surface area contributed by atoms with Gasteiger partial charge in [0.05, 0.1) is 51.6 Å². The topological polar surface area (TPSA) is 38.0 Å². The molecule has 0 N–H and O–H groups in total. The summed E-state index contributed by atoms with van der Waals surface area (Å²) in [6.07, 6.45) is 0. The van der Waals surface area contributed by atoms with Gasteiger partial charge in [0.2, 0.25) is 5.69 Å². The van der Waals surface area contributed by atoms with Crippen LogP contribution in [0.3, 0.4) is 0 Å². The van der Waals surface area contributed by atoms with Gasteiger partial charge >= 0.3 is 0 Å². The zero-order valence-electron chi connectivity index (χ0n) is 29.5. The van der Waals surface area contributed by atoms with Crippen molar-refractivity contribution in [2.75, 3.05) is 0 Å². The van der Waals surface area contributed by atoms with Gasteiger partial charge in [0, 0.05) is 32.7 Å². The lowest BCUT2D eigenvalue weighted by molar-refractivity contribution is 1.10. The standard InChI is InChI=1S/C48H34N4/c1-29-16-20-40-35(24-29)36-25-30(2)17-21-41(36)51(40)47-44(33-12-8-6-9-13-33)39(28-49)46(50-5)45(34-14-10-7-11-15-34)48(47)52-42-22-18-31(3)26-37(42)38-27-32(4)19-23-43(38)52/h6-27H,1-4H3. The molecule has 4 heteroatoms. The maximum atomic E-state index is 11.2. The fourth-order valence-corrected chi connectivity index (χ4v) is 8.11. The van der Waals surface area contributed by atoms with Crippen LogP contribution in [0.2, 0.25) is 0 Å². The van der Waals surface area contributed by atoms with E-state index in [2.05, 4.69) is 145 Å². The van der Waals surface area contributed by atoms with E-state index >= 15 is 0 Å². The molecular weight excluding hydrogens is 633 g/mol. The molecule has 0 fully saturated rings. The summed E-state index contributed by atoms with van der Waals surface area (Å²) in [4.78, 5) is 4.24. The third-order valence-corrected chi connectivity index (χ3v) is 10.4. The lowest BCUT2D eigenvalue weighted by Gasteiger charge is -2.26. The maximum Gasteiger partial charge on any atom is 0.215 e. The summed E-state index contributed by atoms with van der Waals surface area (Å²) in [5.41, 5.74) is 14.5. The van der Waals surface area contributed by atoms with Crippen molar-refractivity contribution < 1.29 is 0 Å². The molecule has 246 valence electrons. The minimum Gasteiger partial charge on any atom is -0.308 e. The molecule has 0 aliphatic rings. The summed E-state index contributed by atoms with van der Waals surface area (Å²) in [7, 11) is 0. The van der Waals surface area contributed by atoms with E-state index in [1.54, 1.807) is 0 Å². The van der Waals surface area contributed by atoms with Crippen molar-refractivity contribution in [3.8, 4) is 39.7 Å². The molecule has 9 rings (SSSR count). The van der Waals surface area contributed by atoms with Crippen molar-refractivity contribution in [2.45, 2.75) is 27.7 Å².